The number of aryl methyl sites for hydroxylation is 1. The number of benzene rings is 1. The fourth-order valence-corrected chi connectivity index (χ4v) is 2.78. The molecule has 0 radical (unpaired) electrons. The van der Waals surface area contributed by atoms with Gasteiger partial charge in [0.2, 0.25) is 5.91 Å². The number of carbonyl (C=O) groups is 2. The lowest BCUT2D eigenvalue weighted by Crippen LogP contribution is -2.18. The van der Waals surface area contributed by atoms with E-state index in [1.54, 1.807) is 6.92 Å². The highest BCUT2D eigenvalue weighted by Gasteiger charge is 2.26. The van der Waals surface area contributed by atoms with E-state index in [9.17, 15) is 14.7 Å². The van der Waals surface area contributed by atoms with E-state index in [1.807, 2.05) is 0 Å². The maximum absolute atomic E-state index is 11.5. The molecule has 0 atom stereocenters. The summed E-state index contributed by atoms with van der Waals surface area (Å²) in [5.41, 5.74) is 0.817. The van der Waals surface area contributed by atoms with Crippen molar-refractivity contribution in [2.24, 2.45) is 0 Å². The van der Waals surface area contributed by atoms with Crippen LogP contribution in [0.5, 0.6) is 11.5 Å². The number of methoxy groups -OCH3 is 1. The SMILES string of the molecule is COc1c(C)cc(C(=O)O)c(NC(C)=O)c1OC1CCCC1. The molecule has 2 rings (SSSR count). The van der Waals surface area contributed by atoms with Crippen molar-refractivity contribution in [3.05, 3.63) is 17.2 Å². The molecule has 0 heterocycles. The molecule has 0 aliphatic heterocycles. The largest absolute Gasteiger partial charge is 0.492 e. The highest BCUT2D eigenvalue weighted by Crippen LogP contribution is 2.43. The molecule has 1 aliphatic rings. The monoisotopic (exact) mass is 307 g/mol. The Morgan fingerprint density at radius 3 is 2.41 bits per heavy atom. The molecule has 6 nitrogen and oxygen atoms in total. The van der Waals surface area contributed by atoms with Crippen molar-refractivity contribution < 1.29 is 24.2 Å². The number of nitrogens with one attached hydrogen (secondary N) is 1. The molecule has 1 aliphatic carbocycles. The molecule has 0 saturated heterocycles. The molecule has 0 unspecified atom stereocenters. The van der Waals surface area contributed by atoms with Crippen LogP contribution < -0.4 is 14.8 Å². The van der Waals surface area contributed by atoms with Crippen LogP contribution in [0.2, 0.25) is 0 Å². The summed E-state index contributed by atoms with van der Waals surface area (Å²) in [6.07, 6.45) is 4.02. The lowest BCUT2D eigenvalue weighted by molar-refractivity contribution is -0.114. The third kappa shape index (κ3) is 3.32. The maximum atomic E-state index is 11.5. The van der Waals surface area contributed by atoms with Crippen molar-refractivity contribution >= 4 is 17.6 Å². The van der Waals surface area contributed by atoms with Gasteiger partial charge in [0.1, 0.15) is 5.69 Å². The van der Waals surface area contributed by atoms with Gasteiger partial charge in [-0.2, -0.15) is 0 Å². The molecule has 1 fully saturated rings. The average Bonchev–Trinajstić information content (AvgIpc) is 2.94. The number of amides is 1. The number of hydrogen-bond donors (Lipinski definition) is 2. The summed E-state index contributed by atoms with van der Waals surface area (Å²) in [5, 5.41) is 12.0. The molecule has 1 aromatic carbocycles. The number of rotatable bonds is 5. The number of carboxylic acid groups (broad SMARTS) is 1. The van der Waals surface area contributed by atoms with Crippen LogP contribution in [0.15, 0.2) is 6.07 Å². The molecule has 0 spiro atoms. The highest BCUT2D eigenvalue weighted by atomic mass is 16.5. The van der Waals surface area contributed by atoms with E-state index < -0.39 is 5.97 Å². The zero-order valence-electron chi connectivity index (χ0n) is 13.1. The summed E-state index contributed by atoms with van der Waals surface area (Å²) >= 11 is 0. The Kier molecular flexibility index (Phi) is 4.90. The first-order chi connectivity index (χ1) is 10.4. The molecular formula is C16H21NO5. The van der Waals surface area contributed by atoms with Crippen LogP contribution in [0.4, 0.5) is 5.69 Å². The Balaban J connectivity index is 2.56. The van der Waals surface area contributed by atoms with E-state index in [1.165, 1.54) is 20.1 Å². The van der Waals surface area contributed by atoms with Crippen LogP contribution >= 0.6 is 0 Å². The van der Waals surface area contributed by atoms with Crippen molar-refractivity contribution in [1.29, 1.82) is 0 Å². The van der Waals surface area contributed by atoms with Crippen LogP contribution in [-0.4, -0.2) is 30.2 Å². The summed E-state index contributed by atoms with van der Waals surface area (Å²) < 4.78 is 11.4. The van der Waals surface area contributed by atoms with Crippen LogP contribution in [0.3, 0.4) is 0 Å². The van der Waals surface area contributed by atoms with Crippen LogP contribution in [0.25, 0.3) is 0 Å². The molecule has 120 valence electrons. The molecule has 1 saturated carbocycles. The minimum Gasteiger partial charge on any atom is -0.492 e. The quantitative estimate of drug-likeness (QED) is 0.873. The summed E-state index contributed by atoms with van der Waals surface area (Å²) in [6.45, 7) is 3.08. The zero-order chi connectivity index (χ0) is 16.3. The Labute approximate surface area is 129 Å². The van der Waals surface area contributed by atoms with E-state index in [0.717, 1.165) is 25.7 Å². The fourth-order valence-electron chi connectivity index (χ4n) is 2.78. The van der Waals surface area contributed by atoms with E-state index in [0.29, 0.717) is 17.1 Å². The van der Waals surface area contributed by atoms with Gasteiger partial charge in [0.15, 0.2) is 11.5 Å². The molecule has 6 heteroatoms. The van der Waals surface area contributed by atoms with Gasteiger partial charge in [-0.3, -0.25) is 4.79 Å². The Morgan fingerprint density at radius 1 is 1.27 bits per heavy atom. The summed E-state index contributed by atoms with van der Waals surface area (Å²) in [5.74, 6) is -0.710. The highest BCUT2D eigenvalue weighted by molar-refractivity contribution is 6.03. The molecular weight excluding hydrogens is 286 g/mol. The fraction of sp³-hybridized carbons (Fsp3) is 0.500. The zero-order valence-corrected chi connectivity index (χ0v) is 13.1. The lowest BCUT2D eigenvalue weighted by atomic mass is 10.1. The normalized spacial score (nSPS) is 14.7. The van der Waals surface area contributed by atoms with Crippen LogP contribution in [-0.2, 0) is 4.79 Å². The van der Waals surface area contributed by atoms with E-state index >= 15 is 0 Å². The van der Waals surface area contributed by atoms with Crippen molar-refractivity contribution in [1.82, 2.24) is 0 Å². The van der Waals surface area contributed by atoms with E-state index in [4.69, 9.17) is 9.47 Å². The van der Waals surface area contributed by atoms with Gasteiger partial charge in [-0.05, 0) is 44.2 Å². The molecule has 0 bridgehead atoms. The smallest absolute Gasteiger partial charge is 0.337 e. The number of hydrogen-bond acceptors (Lipinski definition) is 4. The third-order valence-corrected chi connectivity index (χ3v) is 3.74. The van der Waals surface area contributed by atoms with Crippen molar-refractivity contribution in [2.75, 3.05) is 12.4 Å². The van der Waals surface area contributed by atoms with E-state index in [2.05, 4.69) is 5.32 Å². The topological polar surface area (TPSA) is 84.9 Å². The van der Waals surface area contributed by atoms with Gasteiger partial charge >= 0.3 is 5.97 Å². The Morgan fingerprint density at radius 2 is 1.91 bits per heavy atom. The van der Waals surface area contributed by atoms with Gasteiger partial charge in [0.25, 0.3) is 0 Å². The van der Waals surface area contributed by atoms with Crippen LogP contribution in [0, 0.1) is 6.92 Å². The predicted octanol–water partition coefficient (Wildman–Crippen LogP) is 2.98. The number of carbonyl (C=O) groups excluding carboxylic acids is 1. The Bertz CT molecular complexity index is 591. The van der Waals surface area contributed by atoms with Gasteiger partial charge in [-0.1, -0.05) is 0 Å². The second kappa shape index (κ2) is 6.68. The molecule has 2 N–H and O–H groups in total. The molecule has 0 aromatic heterocycles. The summed E-state index contributed by atoms with van der Waals surface area (Å²) in [4.78, 5) is 23.0. The Hall–Kier alpha value is -2.24. The third-order valence-electron chi connectivity index (χ3n) is 3.74. The minimum absolute atomic E-state index is 0.00139. The average molecular weight is 307 g/mol. The first kappa shape index (κ1) is 16.1. The first-order valence-corrected chi connectivity index (χ1v) is 7.33. The molecule has 22 heavy (non-hydrogen) atoms. The van der Waals surface area contributed by atoms with Gasteiger partial charge in [0.05, 0.1) is 18.8 Å². The number of carboxylic acids is 1. The predicted molar refractivity (Wildman–Crippen MR) is 81.9 cm³/mol. The van der Waals surface area contributed by atoms with Crippen LogP contribution in [0.1, 0.15) is 48.5 Å². The second-order valence-electron chi connectivity index (χ2n) is 5.49. The molecule has 1 amide bonds. The number of anilines is 1. The minimum atomic E-state index is -1.12. The summed E-state index contributed by atoms with van der Waals surface area (Å²) in [6, 6.07) is 1.48. The van der Waals surface area contributed by atoms with Gasteiger partial charge in [-0.15, -0.1) is 0 Å². The summed E-state index contributed by atoms with van der Waals surface area (Å²) in [7, 11) is 1.50. The first-order valence-electron chi connectivity index (χ1n) is 7.33. The number of ether oxygens (including phenoxy) is 2. The standard InChI is InChI=1S/C16H21NO5/c1-9-8-12(16(19)20)13(17-10(2)18)15(14(9)21-3)22-11-6-4-5-7-11/h8,11H,4-7H2,1-3H3,(H,17,18)(H,19,20). The maximum Gasteiger partial charge on any atom is 0.337 e. The van der Waals surface area contributed by atoms with Gasteiger partial charge < -0.3 is 19.9 Å². The van der Waals surface area contributed by atoms with Crippen molar-refractivity contribution in [3.8, 4) is 11.5 Å². The van der Waals surface area contributed by atoms with Crippen molar-refractivity contribution in [2.45, 2.75) is 45.6 Å². The molecule has 1 aromatic rings. The van der Waals surface area contributed by atoms with Gasteiger partial charge in [-0.25, -0.2) is 4.79 Å². The second-order valence-corrected chi connectivity index (χ2v) is 5.49. The van der Waals surface area contributed by atoms with Gasteiger partial charge in [0, 0.05) is 6.92 Å². The lowest BCUT2D eigenvalue weighted by Gasteiger charge is -2.22. The van der Waals surface area contributed by atoms with Crippen molar-refractivity contribution in [3.63, 3.8) is 0 Å². The number of aromatic carboxylic acids is 1. The van der Waals surface area contributed by atoms with E-state index in [-0.39, 0.29) is 23.3 Å².